The first-order valence-electron chi connectivity index (χ1n) is 6.08. The van der Waals surface area contributed by atoms with Crippen molar-refractivity contribution >= 4 is 0 Å². The largest absolute Gasteiger partial charge is 0.497 e. The first kappa shape index (κ1) is 15.8. The smallest absolute Gasteiger partial charge is 0.125 e. The van der Waals surface area contributed by atoms with Gasteiger partial charge in [-0.3, -0.25) is 0 Å². The number of benzene rings is 1. The lowest BCUT2D eigenvalue weighted by atomic mass is 10.1. The number of aliphatic hydroxyl groups excluding tert-OH is 1. The molecule has 1 N–H and O–H groups in total. The van der Waals surface area contributed by atoms with Crippen LogP contribution in [-0.4, -0.2) is 25.4 Å². The van der Waals surface area contributed by atoms with Gasteiger partial charge in [-0.15, -0.1) is 0 Å². The summed E-state index contributed by atoms with van der Waals surface area (Å²) in [5.74, 6) is 1.74. The Morgan fingerprint density at radius 3 is 2.06 bits per heavy atom. The average molecular weight is 240 g/mol. The fraction of sp³-hybridized carbons (Fsp3) is 0.571. The minimum atomic E-state index is 0.161. The van der Waals surface area contributed by atoms with E-state index in [1.54, 1.807) is 7.11 Å². The highest BCUT2D eigenvalue weighted by Gasteiger charge is 2.06. The third-order valence-electron chi connectivity index (χ3n) is 2.22. The minimum absolute atomic E-state index is 0.161. The van der Waals surface area contributed by atoms with Gasteiger partial charge in [0, 0.05) is 13.0 Å². The molecule has 3 nitrogen and oxygen atoms in total. The van der Waals surface area contributed by atoms with Gasteiger partial charge in [0.15, 0.2) is 0 Å². The quantitative estimate of drug-likeness (QED) is 0.804. The van der Waals surface area contributed by atoms with Crippen molar-refractivity contribution < 1.29 is 14.6 Å². The van der Waals surface area contributed by atoms with E-state index in [0.717, 1.165) is 22.6 Å². The zero-order valence-corrected chi connectivity index (χ0v) is 11.5. The van der Waals surface area contributed by atoms with Crippen molar-refractivity contribution in [3.05, 3.63) is 23.3 Å². The van der Waals surface area contributed by atoms with Crippen molar-refractivity contribution in [2.75, 3.05) is 20.3 Å². The lowest BCUT2D eigenvalue weighted by Gasteiger charge is -2.13. The summed E-state index contributed by atoms with van der Waals surface area (Å²) in [4.78, 5) is 0. The van der Waals surface area contributed by atoms with Crippen molar-refractivity contribution in [3.63, 3.8) is 0 Å². The van der Waals surface area contributed by atoms with Crippen molar-refractivity contribution in [2.24, 2.45) is 0 Å². The Hall–Kier alpha value is -1.22. The fourth-order valence-electron chi connectivity index (χ4n) is 1.49. The average Bonchev–Trinajstić information content (AvgIpc) is 2.35. The molecule has 0 aliphatic carbocycles. The van der Waals surface area contributed by atoms with E-state index in [0.29, 0.717) is 13.0 Å². The second kappa shape index (κ2) is 8.88. The zero-order valence-electron chi connectivity index (χ0n) is 11.5. The molecular weight excluding hydrogens is 216 g/mol. The van der Waals surface area contributed by atoms with Crippen molar-refractivity contribution in [2.45, 2.75) is 34.1 Å². The first-order chi connectivity index (χ1) is 8.19. The maximum atomic E-state index is 8.67. The molecule has 1 rings (SSSR count). The predicted molar refractivity (Wildman–Crippen MR) is 71.0 cm³/mol. The molecule has 0 atom stereocenters. The van der Waals surface area contributed by atoms with Gasteiger partial charge in [0.1, 0.15) is 11.5 Å². The Morgan fingerprint density at radius 2 is 1.65 bits per heavy atom. The highest BCUT2D eigenvalue weighted by atomic mass is 16.5. The van der Waals surface area contributed by atoms with E-state index in [9.17, 15) is 0 Å². The summed E-state index contributed by atoms with van der Waals surface area (Å²) < 4.78 is 10.8. The van der Waals surface area contributed by atoms with E-state index in [4.69, 9.17) is 14.6 Å². The molecule has 0 saturated heterocycles. The number of aryl methyl sites for hydroxylation is 2. The van der Waals surface area contributed by atoms with Crippen molar-refractivity contribution in [3.8, 4) is 11.5 Å². The van der Waals surface area contributed by atoms with E-state index in [-0.39, 0.29) is 6.61 Å². The fourth-order valence-corrected chi connectivity index (χ4v) is 1.49. The third kappa shape index (κ3) is 5.09. The van der Waals surface area contributed by atoms with Crippen molar-refractivity contribution in [1.29, 1.82) is 0 Å². The Morgan fingerprint density at radius 1 is 1.12 bits per heavy atom. The molecule has 1 aromatic rings. The molecule has 3 heteroatoms. The van der Waals surface area contributed by atoms with Crippen LogP contribution in [-0.2, 0) is 0 Å². The topological polar surface area (TPSA) is 38.7 Å². The standard InChI is InChI=1S/C12H18O3.C2H6/c1-9-7-11(14-3)8-10(2)12(9)15-6-4-5-13;1-2/h7-8,13H,4-6H2,1-3H3;1-2H3. The zero-order chi connectivity index (χ0) is 13.3. The van der Waals surface area contributed by atoms with Crippen LogP contribution < -0.4 is 9.47 Å². The van der Waals surface area contributed by atoms with Crippen LogP contribution in [0, 0.1) is 13.8 Å². The highest BCUT2D eigenvalue weighted by Crippen LogP contribution is 2.28. The highest BCUT2D eigenvalue weighted by molar-refractivity contribution is 5.45. The second-order valence-electron chi connectivity index (χ2n) is 3.52. The summed E-state index contributed by atoms with van der Waals surface area (Å²) in [7, 11) is 1.65. The van der Waals surface area contributed by atoms with Gasteiger partial charge in [0.2, 0.25) is 0 Å². The van der Waals surface area contributed by atoms with Crippen LogP contribution >= 0.6 is 0 Å². The van der Waals surface area contributed by atoms with Gasteiger partial charge in [-0.25, -0.2) is 0 Å². The molecule has 0 bridgehead atoms. The Kier molecular flexibility index (Phi) is 8.24. The lowest BCUT2D eigenvalue weighted by molar-refractivity contribution is 0.232. The van der Waals surface area contributed by atoms with Crippen LogP contribution in [0.4, 0.5) is 0 Å². The normalized spacial score (nSPS) is 9.29. The predicted octanol–water partition coefficient (Wildman–Crippen LogP) is 3.10. The molecule has 0 heterocycles. The molecule has 0 amide bonds. The van der Waals surface area contributed by atoms with Crippen LogP contribution in [0.5, 0.6) is 11.5 Å². The molecule has 0 spiro atoms. The van der Waals surface area contributed by atoms with E-state index >= 15 is 0 Å². The minimum Gasteiger partial charge on any atom is -0.497 e. The third-order valence-corrected chi connectivity index (χ3v) is 2.22. The molecule has 0 aromatic heterocycles. The van der Waals surface area contributed by atoms with Gasteiger partial charge in [-0.05, 0) is 37.1 Å². The maximum Gasteiger partial charge on any atom is 0.125 e. The number of aliphatic hydroxyl groups is 1. The number of hydrogen-bond acceptors (Lipinski definition) is 3. The number of rotatable bonds is 5. The molecule has 0 aliphatic heterocycles. The molecule has 0 fully saturated rings. The van der Waals surface area contributed by atoms with Crippen LogP contribution in [0.25, 0.3) is 0 Å². The molecule has 0 radical (unpaired) electrons. The summed E-state index contributed by atoms with van der Waals surface area (Å²) in [5.41, 5.74) is 2.12. The number of hydrogen-bond donors (Lipinski definition) is 1. The Bertz CT molecular complexity index is 298. The Balaban J connectivity index is 0.00000121. The summed E-state index contributed by atoms with van der Waals surface area (Å²) in [5, 5.41) is 8.67. The maximum absolute atomic E-state index is 8.67. The van der Waals surface area contributed by atoms with Crippen molar-refractivity contribution in [1.82, 2.24) is 0 Å². The van der Waals surface area contributed by atoms with E-state index in [1.165, 1.54) is 0 Å². The number of ether oxygens (including phenoxy) is 2. The summed E-state index contributed by atoms with van der Waals surface area (Å²) >= 11 is 0. The monoisotopic (exact) mass is 240 g/mol. The molecule has 0 unspecified atom stereocenters. The summed E-state index contributed by atoms with van der Waals surface area (Å²) in [6, 6.07) is 3.89. The molecule has 0 aliphatic rings. The van der Waals surface area contributed by atoms with Crippen LogP contribution in [0.3, 0.4) is 0 Å². The number of methoxy groups -OCH3 is 1. The van der Waals surface area contributed by atoms with Gasteiger partial charge >= 0.3 is 0 Å². The van der Waals surface area contributed by atoms with Gasteiger partial charge in [-0.1, -0.05) is 13.8 Å². The van der Waals surface area contributed by atoms with E-state index in [2.05, 4.69) is 0 Å². The van der Waals surface area contributed by atoms with Gasteiger partial charge in [0.05, 0.1) is 13.7 Å². The Labute approximate surface area is 104 Å². The summed E-state index contributed by atoms with van der Waals surface area (Å²) in [6.45, 7) is 8.69. The van der Waals surface area contributed by atoms with Crippen LogP contribution in [0.1, 0.15) is 31.4 Å². The van der Waals surface area contributed by atoms with E-state index < -0.39 is 0 Å². The molecular formula is C14H24O3. The SMILES string of the molecule is CC.COc1cc(C)c(OCCCO)c(C)c1. The van der Waals surface area contributed by atoms with Gasteiger partial charge in [-0.2, -0.15) is 0 Å². The van der Waals surface area contributed by atoms with Crippen LogP contribution in [0.2, 0.25) is 0 Å². The second-order valence-corrected chi connectivity index (χ2v) is 3.52. The molecule has 98 valence electrons. The first-order valence-corrected chi connectivity index (χ1v) is 6.08. The molecule has 17 heavy (non-hydrogen) atoms. The van der Waals surface area contributed by atoms with Gasteiger partial charge in [0.25, 0.3) is 0 Å². The van der Waals surface area contributed by atoms with Gasteiger partial charge < -0.3 is 14.6 Å². The summed E-state index contributed by atoms with van der Waals surface area (Å²) in [6.07, 6.45) is 0.658. The van der Waals surface area contributed by atoms with E-state index in [1.807, 2.05) is 39.8 Å². The van der Waals surface area contributed by atoms with Crippen LogP contribution in [0.15, 0.2) is 12.1 Å². The molecule has 1 aromatic carbocycles. The molecule has 0 saturated carbocycles. The lowest BCUT2D eigenvalue weighted by Crippen LogP contribution is -2.02.